The van der Waals surface area contributed by atoms with Gasteiger partial charge < -0.3 is 15.4 Å². The Hall–Kier alpha value is -3.65. The molecule has 9 heteroatoms. The summed E-state index contributed by atoms with van der Waals surface area (Å²) >= 11 is 5.47. The highest BCUT2D eigenvalue weighted by atomic mass is 35.5. The predicted octanol–water partition coefficient (Wildman–Crippen LogP) is 5.02. The second-order valence-corrected chi connectivity index (χ2v) is 8.25. The van der Waals surface area contributed by atoms with Crippen LogP contribution in [0.15, 0.2) is 60.9 Å². The number of likely N-dealkylation sites (tertiary alicyclic amines) is 1. The third-order valence-electron chi connectivity index (χ3n) is 5.52. The number of carbonyl (C=O) groups excluding carboxylic acids is 1. The number of carbonyl (C=O) groups is 1. The van der Waals surface area contributed by atoms with Crippen molar-refractivity contribution in [3.8, 4) is 22.8 Å². The summed E-state index contributed by atoms with van der Waals surface area (Å²) in [5, 5.41) is 7.85. The average Bonchev–Trinajstić information content (AvgIpc) is 3.32. The Kier molecular flexibility index (Phi) is 7.93. The number of aromatic nitrogens is 4. The van der Waals surface area contributed by atoms with E-state index >= 15 is 0 Å². The van der Waals surface area contributed by atoms with Crippen LogP contribution in [0.25, 0.3) is 22.3 Å². The van der Waals surface area contributed by atoms with Crippen molar-refractivity contribution in [1.82, 2.24) is 25.1 Å². The molecule has 1 aliphatic rings. The number of rotatable bonds is 5. The number of hydrogen-bond donors (Lipinski definition) is 2. The third kappa shape index (κ3) is 5.82. The van der Waals surface area contributed by atoms with Crippen LogP contribution in [0.3, 0.4) is 0 Å². The maximum Gasteiger partial charge on any atom is 0.223 e. The van der Waals surface area contributed by atoms with Gasteiger partial charge in [0.2, 0.25) is 5.91 Å². The molecule has 1 saturated heterocycles. The zero-order valence-corrected chi connectivity index (χ0v) is 19.5. The van der Waals surface area contributed by atoms with Crippen molar-refractivity contribution in [3.05, 3.63) is 60.9 Å². The van der Waals surface area contributed by atoms with Gasteiger partial charge in [0.25, 0.3) is 0 Å². The van der Waals surface area contributed by atoms with E-state index in [9.17, 15) is 4.79 Å². The SMILES string of the molecule is Nc1ncnc2n[nH]c(-c3ccc(Oc4ccccc4)cc3)c12.O=C(CCCl)N1CCCCC1. The molecule has 1 amide bonds. The fourth-order valence-electron chi connectivity index (χ4n) is 3.78. The molecule has 0 atom stereocenters. The number of ether oxygens (including phenoxy) is 1. The van der Waals surface area contributed by atoms with E-state index in [4.69, 9.17) is 22.1 Å². The largest absolute Gasteiger partial charge is 0.457 e. The minimum absolute atomic E-state index is 0.222. The van der Waals surface area contributed by atoms with Crippen molar-refractivity contribution in [2.75, 3.05) is 24.7 Å². The molecule has 3 heterocycles. The van der Waals surface area contributed by atoms with E-state index < -0.39 is 0 Å². The normalized spacial score (nSPS) is 13.3. The summed E-state index contributed by atoms with van der Waals surface area (Å²) in [5.41, 5.74) is 8.22. The van der Waals surface area contributed by atoms with Crippen LogP contribution in [-0.2, 0) is 4.79 Å². The number of benzene rings is 2. The molecule has 34 heavy (non-hydrogen) atoms. The minimum Gasteiger partial charge on any atom is -0.457 e. The van der Waals surface area contributed by atoms with E-state index in [1.807, 2.05) is 59.5 Å². The molecule has 0 saturated carbocycles. The monoisotopic (exact) mass is 478 g/mol. The second-order valence-electron chi connectivity index (χ2n) is 7.88. The first-order valence-electron chi connectivity index (χ1n) is 11.3. The standard InChI is InChI=1S/C17H13N5O.C8H14ClNO/c18-16-14-15(21-22-17(14)20-10-19-16)11-6-8-13(9-7-11)23-12-4-2-1-3-5-12;9-5-4-8(11)10-6-2-1-3-7-10/h1-10H,(H3,18,19,20,21,22);1-7H2. The number of piperidine rings is 1. The summed E-state index contributed by atoms with van der Waals surface area (Å²) in [6.45, 7) is 1.88. The number of hydrogen-bond acceptors (Lipinski definition) is 6. The molecule has 2 aromatic carbocycles. The number of amides is 1. The highest BCUT2D eigenvalue weighted by Gasteiger charge is 2.15. The zero-order chi connectivity index (χ0) is 23.8. The van der Waals surface area contributed by atoms with Crippen LogP contribution < -0.4 is 10.5 Å². The van der Waals surface area contributed by atoms with E-state index in [2.05, 4.69) is 20.2 Å². The number of nitrogen functional groups attached to an aromatic ring is 1. The number of anilines is 1. The predicted molar refractivity (Wildman–Crippen MR) is 134 cm³/mol. The number of para-hydroxylation sites is 1. The first kappa shape index (κ1) is 23.5. The van der Waals surface area contributed by atoms with E-state index in [1.165, 1.54) is 12.7 Å². The number of H-pyrrole nitrogens is 1. The molecule has 0 bridgehead atoms. The Morgan fingerprint density at radius 2 is 1.71 bits per heavy atom. The number of nitrogens with zero attached hydrogens (tertiary/aromatic N) is 4. The van der Waals surface area contributed by atoms with Crippen LogP contribution in [0, 0.1) is 0 Å². The van der Waals surface area contributed by atoms with Crippen molar-refractivity contribution in [1.29, 1.82) is 0 Å². The molecule has 8 nitrogen and oxygen atoms in total. The van der Waals surface area contributed by atoms with E-state index in [-0.39, 0.29) is 5.91 Å². The van der Waals surface area contributed by atoms with Crippen molar-refractivity contribution < 1.29 is 9.53 Å². The first-order valence-corrected chi connectivity index (χ1v) is 11.8. The highest BCUT2D eigenvalue weighted by molar-refractivity contribution is 6.18. The Bertz CT molecular complexity index is 1210. The van der Waals surface area contributed by atoms with Crippen LogP contribution in [0.4, 0.5) is 5.82 Å². The summed E-state index contributed by atoms with van der Waals surface area (Å²) in [5.74, 6) is 2.64. The van der Waals surface area contributed by atoms with Crippen LogP contribution in [0.5, 0.6) is 11.5 Å². The summed E-state index contributed by atoms with van der Waals surface area (Å²) in [6, 6.07) is 17.3. The van der Waals surface area contributed by atoms with Gasteiger partial charge in [-0.2, -0.15) is 5.10 Å². The third-order valence-corrected chi connectivity index (χ3v) is 5.71. The van der Waals surface area contributed by atoms with Crippen LogP contribution in [0.1, 0.15) is 25.7 Å². The van der Waals surface area contributed by atoms with Crippen molar-refractivity contribution in [2.24, 2.45) is 0 Å². The average molecular weight is 479 g/mol. The summed E-state index contributed by atoms with van der Waals surface area (Å²) in [4.78, 5) is 21.3. The number of fused-ring (bicyclic) bond motifs is 1. The molecule has 0 aliphatic carbocycles. The Morgan fingerprint density at radius 1 is 1.00 bits per heavy atom. The molecule has 0 spiro atoms. The fourth-order valence-corrected chi connectivity index (χ4v) is 3.95. The Morgan fingerprint density at radius 3 is 2.41 bits per heavy atom. The van der Waals surface area contributed by atoms with Gasteiger partial charge in [0, 0.05) is 31.0 Å². The summed E-state index contributed by atoms with van der Waals surface area (Å²) in [6.07, 6.45) is 5.49. The lowest BCUT2D eigenvalue weighted by Gasteiger charge is -2.26. The van der Waals surface area contributed by atoms with Gasteiger partial charge in [-0.25, -0.2) is 9.97 Å². The second kappa shape index (κ2) is 11.5. The minimum atomic E-state index is 0.222. The smallest absolute Gasteiger partial charge is 0.223 e. The van der Waals surface area contributed by atoms with Gasteiger partial charge in [-0.15, -0.1) is 11.6 Å². The first-order chi connectivity index (χ1) is 16.7. The van der Waals surface area contributed by atoms with Gasteiger partial charge in [-0.1, -0.05) is 18.2 Å². The van der Waals surface area contributed by atoms with Crippen LogP contribution >= 0.6 is 11.6 Å². The molecule has 0 unspecified atom stereocenters. The van der Waals surface area contributed by atoms with Gasteiger partial charge in [0.1, 0.15) is 23.6 Å². The lowest BCUT2D eigenvalue weighted by atomic mass is 10.1. The van der Waals surface area contributed by atoms with Crippen molar-refractivity contribution >= 4 is 34.4 Å². The Balaban J connectivity index is 0.000000210. The van der Waals surface area contributed by atoms with Gasteiger partial charge in [0.15, 0.2) is 5.65 Å². The lowest BCUT2D eigenvalue weighted by Crippen LogP contribution is -2.35. The lowest BCUT2D eigenvalue weighted by molar-refractivity contribution is -0.131. The number of halogens is 1. The molecule has 4 aromatic rings. The van der Waals surface area contributed by atoms with Gasteiger partial charge in [-0.3, -0.25) is 9.89 Å². The van der Waals surface area contributed by atoms with Crippen LogP contribution in [-0.4, -0.2) is 49.9 Å². The fraction of sp³-hybridized carbons (Fsp3) is 0.280. The maximum absolute atomic E-state index is 11.2. The molecule has 5 rings (SSSR count). The number of alkyl halides is 1. The molecule has 1 aliphatic heterocycles. The van der Waals surface area contributed by atoms with E-state index in [1.54, 1.807) is 0 Å². The molecular weight excluding hydrogens is 452 g/mol. The Labute approximate surface area is 203 Å². The molecule has 3 N–H and O–H groups in total. The van der Waals surface area contributed by atoms with Gasteiger partial charge in [-0.05, 0) is 55.7 Å². The molecule has 1 fully saturated rings. The van der Waals surface area contributed by atoms with Gasteiger partial charge in [0.05, 0.1) is 11.1 Å². The van der Waals surface area contributed by atoms with Gasteiger partial charge >= 0.3 is 0 Å². The molecule has 0 radical (unpaired) electrons. The number of nitrogens with one attached hydrogen (secondary N) is 1. The zero-order valence-electron chi connectivity index (χ0n) is 18.8. The van der Waals surface area contributed by atoms with E-state index in [0.29, 0.717) is 23.8 Å². The molecule has 2 aromatic heterocycles. The molecular formula is C25H27ClN6O2. The number of nitrogens with two attached hydrogens (primary N) is 1. The topological polar surface area (TPSA) is 110 Å². The van der Waals surface area contributed by atoms with E-state index in [0.717, 1.165) is 54.1 Å². The molecule has 176 valence electrons. The highest BCUT2D eigenvalue weighted by Crippen LogP contribution is 2.30. The number of aromatic amines is 1. The maximum atomic E-state index is 11.2. The quantitative estimate of drug-likeness (QED) is 0.389. The summed E-state index contributed by atoms with van der Waals surface area (Å²) < 4.78 is 5.79. The van der Waals surface area contributed by atoms with Crippen molar-refractivity contribution in [3.63, 3.8) is 0 Å². The summed E-state index contributed by atoms with van der Waals surface area (Å²) in [7, 11) is 0. The van der Waals surface area contributed by atoms with Crippen molar-refractivity contribution in [2.45, 2.75) is 25.7 Å². The van der Waals surface area contributed by atoms with Crippen LogP contribution in [0.2, 0.25) is 0 Å².